The molecule has 2 N–H and O–H groups in total. The van der Waals surface area contributed by atoms with Gasteiger partial charge in [-0.05, 0) is 22.0 Å². The Hall–Kier alpha value is -0.920. The number of anilines is 1. The highest BCUT2D eigenvalue weighted by atomic mass is 79.9. The second kappa shape index (κ2) is 5.16. The lowest BCUT2D eigenvalue weighted by molar-refractivity contribution is 0.0781. The van der Waals surface area contributed by atoms with Gasteiger partial charge in [-0.2, -0.15) is 0 Å². The van der Waals surface area contributed by atoms with Gasteiger partial charge in [-0.1, -0.05) is 0 Å². The zero-order valence-electron chi connectivity index (χ0n) is 9.01. The minimum Gasteiger partial charge on any atom is -0.375 e. The zero-order valence-corrected chi connectivity index (χ0v) is 12.2. The van der Waals surface area contributed by atoms with Crippen molar-refractivity contribution in [3.8, 4) is 0 Å². The van der Waals surface area contributed by atoms with Gasteiger partial charge in [-0.15, -0.1) is 22.7 Å². The van der Waals surface area contributed by atoms with E-state index in [-0.39, 0.29) is 5.91 Å². The Bertz CT molecular complexity index is 537. The predicted molar refractivity (Wildman–Crippen MR) is 74.3 cm³/mol. The standard InChI is InChI=1S/C10H10BrN3OS2/c1-14(3-7-2-6(11)4-16-7)9(15)8-5-17-10(12)13-8/h2,4-5H,3H2,1H3,(H2,12,13). The molecule has 4 nitrogen and oxygen atoms in total. The van der Waals surface area contributed by atoms with Crippen molar-refractivity contribution in [2.75, 3.05) is 12.8 Å². The molecule has 0 aromatic carbocycles. The molecule has 1 amide bonds. The molecule has 0 aliphatic rings. The summed E-state index contributed by atoms with van der Waals surface area (Å²) >= 11 is 6.27. The van der Waals surface area contributed by atoms with Gasteiger partial charge in [0.1, 0.15) is 5.69 Å². The maximum absolute atomic E-state index is 12.0. The fourth-order valence-corrected chi connectivity index (χ4v) is 3.36. The van der Waals surface area contributed by atoms with Crippen LogP contribution in [0.25, 0.3) is 0 Å². The highest BCUT2D eigenvalue weighted by Crippen LogP contribution is 2.21. The number of halogens is 1. The van der Waals surface area contributed by atoms with Crippen LogP contribution in [0.4, 0.5) is 5.13 Å². The number of thiophene rings is 1. The van der Waals surface area contributed by atoms with Gasteiger partial charge >= 0.3 is 0 Å². The lowest BCUT2D eigenvalue weighted by Gasteiger charge is -2.14. The molecule has 2 heterocycles. The van der Waals surface area contributed by atoms with E-state index in [9.17, 15) is 4.79 Å². The number of hydrogen-bond donors (Lipinski definition) is 1. The van der Waals surface area contributed by atoms with Crippen LogP contribution in [0.15, 0.2) is 21.3 Å². The van der Waals surface area contributed by atoms with E-state index >= 15 is 0 Å². The van der Waals surface area contributed by atoms with Crippen LogP contribution < -0.4 is 5.73 Å². The first-order valence-corrected chi connectivity index (χ1v) is 7.31. The minimum atomic E-state index is -0.109. The van der Waals surface area contributed by atoms with E-state index in [0.29, 0.717) is 17.4 Å². The molecule has 0 saturated carbocycles. The van der Waals surface area contributed by atoms with Crippen LogP contribution in [0, 0.1) is 0 Å². The summed E-state index contributed by atoms with van der Waals surface area (Å²) in [5.41, 5.74) is 5.91. The van der Waals surface area contributed by atoms with Gasteiger partial charge in [0, 0.05) is 27.2 Å². The number of carbonyl (C=O) groups is 1. The molecule has 90 valence electrons. The lowest BCUT2D eigenvalue weighted by atomic mass is 10.4. The molecule has 2 aromatic rings. The third kappa shape index (κ3) is 3.05. The highest BCUT2D eigenvalue weighted by Gasteiger charge is 2.15. The summed E-state index contributed by atoms with van der Waals surface area (Å²) in [6.45, 7) is 0.576. The summed E-state index contributed by atoms with van der Waals surface area (Å²) < 4.78 is 1.04. The molecular formula is C10H10BrN3OS2. The number of thiazole rings is 1. The quantitative estimate of drug-likeness (QED) is 0.940. The number of amides is 1. The van der Waals surface area contributed by atoms with Crippen LogP contribution in [-0.2, 0) is 6.54 Å². The second-order valence-corrected chi connectivity index (χ2v) is 6.26. The first-order valence-electron chi connectivity index (χ1n) is 4.75. The van der Waals surface area contributed by atoms with Crippen LogP contribution in [0.2, 0.25) is 0 Å². The number of carbonyl (C=O) groups excluding carboxylic acids is 1. The predicted octanol–water partition coefficient (Wildman–Crippen LogP) is 2.82. The van der Waals surface area contributed by atoms with E-state index in [0.717, 1.165) is 9.35 Å². The molecule has 0 bridgehead atoms. The third-order valence-corrected chi connectivity index (χ3v) is 4.46. The Kier molecular flexibility index (Phi) is 3.80. The largest absolute Gasteiger partial charge is 0.375 e. The van der Waals surface area contributed by atoms with Crippen LogP contribution >= 0.6 is 38.6 Å². The lowest BCUT2D eigenvalue weighted by Crippen LogP contribution is -2.26. The third-order valence-electron chi connectivity index (χ3n) is 2.10. The number of nitrogens with two attached hydrogens (primary N) is 1. The molecule has 0 aliphatic heterocycles. The summed E-state index contributed by atoms with van der Waals surface area (Å²) in [5, 5.41) is 4.09. The average Bonchev–Trinajstić information content (AvgIpc) is 2.87. The van der Waals surface area contributed by atoms with E-state index in [1.807, 2.05) is 11.4 Å². The first kappa shape index (κ1) is 12.5. The number of hydrogen-bond acceptors (Lipinski definition) is 5. The normalized spacial score (nSPS) is 10.5. The van der Waals surface area contributed by atoms with Crippen LogP contribution in [0.3, 0.4) is 0 Å². The molecule has 0 atom stereocenters. The molecule has 0 spiro atoms. The summed E-state index contributed by atoms with van der Waals surface area (Å²) in [4.78, 5) is 18.7. The molecule has 0 fully saturated rings. The molecule has 2 rings (SSSR count). The molecule has 0 unspecified atom stereocenters. The molecule has 17 heavy (non-hydrogen) atoms. The Morgan fingerprint density at radius 3 is 2.82 bits per heavy atom. The molecule has 0 saturated heterocycles. The Morgan fingerprint density at radius 2 is 2.29 bits per heavy atom. The van der Waals surface area contributed by atoms with Gasteiger partial charge in [0.25, 0.3) is 5.91 Å². The summed E-state index contributed by atoms with van der Waals surface area (Å²) in [6.07, 6.45) is 0. The van der Waals surface area contributed by atoms with Gasteiger partial charge in [-0.25, -0.2) is 4.98 Å². The Morgan fingerprint density at radius 1 is 1.53 bits per heavy atom. The molecular weight excluding hydrogens is 322 g/mol. The second-order valence-electron chi connectivity index (χ2n) is 3.46. The van der Waals surface area contributed by atoms with Crippen LogP contribution in [-0.4, -0.2) is 22.8 Å². The van der Waals surface area contributed by atoms with E-state index in [2.05, 4.69) is 20.9 Å². The molecule has 0 aliphatic carbocycles. The van der Waals surface area contributed by atoms with Crippen molar-refractivity contribution in [2.24, 2.45) is 0 Å². The van der Waals surface area contributed by atoms with Gasteiger partial charge in [0.05, 0.1) is 6.54 Å². The van der Waals surface area contributed by atoms with Crippen LogP contribution in [0.1, 0.15) is 15.4 Å². The van der Waals surface area contributed by atoms with Gasteiger partial charge in [0.15, 0.2) is 5.13 Å². The van der Waals surface area contributed by atoms with E-state index in [4.69, 9.17) is 5.73 Å². The highest BCUT2D eigenvalue weighted by molar-refractivity contribution is 9.10. The first-order chi connectivity index (χ1) is 8.06. The number of nitrogens with zero attached hydrogens (tertiary/aromatic N) is 2. The van der Waals surface area contributed by atoms with Crippen molar-refractivity contribution in [1.82, 2.24) is 9.88 Å². The van der Waals surface area contributed by atoms with Crippen molar-refractivity contribution in [2.45, 2.75) is 6.54 Å². The summed E-state index contributed by atoms with van der Waals surface area (Å²) in [5.74, 6) is -0.109. The minimum absolute atomic E-state index is 0.109. The van der Waals surface area contributed by atoms with E-state index in [1.165, 1.54) is 11.3 Å². The molecule has 7 heteroatoms. The number of aromatic nitrogens is 1. The zero-order chi connectivity index (χ0) is 12.4. The Balaban J connectivity index is 2.05. The van der Waals surface area contributed by atoms with Crippen molar-refractivity contribution in [3.05, 3.63) is 31.9 Å². The van der Waals surface area contributed by atoms with Crippen molar-refractivity contribution < 1.29 is 4.79 Å². The van der Waals surface area contributed by atoms with Crippen molar-refractivity contribution in [1.29, 1.82) is 0 Å². The van der Waals surface area contributed by atoms with Gasteiger partial charge < -0.3 is 10.6 Å². The maximum Gasteiger partial charge on any atom is 0.273 e. The Labute approximate surface area is 115 Å². The topological polar surface area (TPSA) is 59.2 Å². The number of nitrogen functional groups attached to an aromatic ring is 1. The van der Waals surface area contributed by atoms with E-state index < -0.39 is 0 Å². The van der Waals surface area contributed by atoms with E-state index in [1.54, 1.807) is 28.7 Å². The smallest absolute Gasteiger partial charge is 0.273 e. The van der Waals surface area contributed by atoms with Gasteiger partial charge in [0.2, 0.25) is 0 Å². The maximum atomic E-state index is 12.0. The average molecular weight is 332 g/mol. The number of rotatable bonds is 3. The summed E-state index contributed by atoms with van der Waals surface area (Å²) in [7, 11) is 1.76. The fraction of sp³-hybridized carbons (Fsp3) is 0.200. The van der Waals surface area contributed by atoms with Crippen LogP contribution in [0.5, 0.6) is 0 Å². The van der Waals surface area contributed by atoms with Crippen molar-refractivity contribution >= 4 is 49.6 Å². The van der Waals surface area contributed by atoms with Gasteiger partial charge in [-0.3, -0.25) is 4.79 Å². The fourth-order valence-electron chi connectivity index (χ4n) is 1.32. The monoisotopic (exact) mass is 331 g/mol. The molecule has 2 aromatic heterocycles. The summed E-state index contributed by atoms with van der Waals surface area (Å²) in [6, 6.07) is 2.00. The van der Waals surface area contributed by atoms with Crippen molar-refractivity contribution in [3.63, 3.8) is 0 Å². The SMILES string of the molecule is CN(Cc1cc(Br)cs1)C(=O)c1csc(N)n1. The molecule has 0 radical (unpaired) electrons.